The SMILES string of the molecule is NC1(CNC(=O)NC2CCOC2)CCC1. The molecule has 0 aromatic rings. The summed E-state index contributed by atoms with van der Waals surface area (Å²) in [5, 5.41) is 5.69. The van der Waals surface area contributed by atoms with Gasteiger partial charge in [0.15, 0.2) is 0 Å². The molecule has 15 heavy (non-hydrogen) atoms. The number of carbonyl (C=O) groups excluding carboxylic acids is 1. The van der Waals surface area contributed by atoms with Crippen LogP contribution in [0, 0.1) is 0 Å². The Morgan fingerprint density at radius 2 is 2.33 bits per heavy atom. The van der Waals surface area contributed by atoms with E-state index in [2.05, 4.69) is 10.6 Å². The van der Waals surface area contributed by atoms with Gasteiger partial charge >= 0.3 is 6.03 Å². The number of nitrogens with one attached hydrogen (secondary N) is 2. The first-order chi connectivity index (χ1) is 7.18. The zero-order chi connectivity index (χ0) is 10.7. The van der Waals surface area contributed by atoms with E-state index in [-0.39, 0.29) is 17.6 Å². The Labute approximate surface area is 89.7 Å². The van der Waals surface area contributed by atoms with E-state index in [4.69, 9.17) is 10.5 Å². The summed E-state index contributed by atoms with van der Waals surface area (Å²) >= 11 is 0. The second-order valence-corrected chi connectivity index (χ2v) is 4.60. The van der Waals surface area contributed by atoms with Crippen molar-refractivity contribution in [1.82, 2.24) is 10.6 Å². The first-order valence-electron chi connectivity index (χ1n) is 5.59. The second-order valence-electron chi connectivity index (χ2n) is 4.60. The lowest BCUT2D eigenvalue weighted by molar-refractivity contribution is 0.187. The van der Waals surface area contributed by atoms with Crippen molar-refractivity contribution in [1.29, 1.82) is 0 Å². The molecule has 0 bridgehead atoms. The van der Waals surface area contributed by atoms with Gasteiger partial charge < -0.3 is 21.1 Å². The fourth-order valence-electron chi connectivity index (χ4n) is 1.95. The van der Waals surface area contributed by atoms with Crippen LogP contribution < -0.4 is 16.4 Å². The first-order valence-corrected chi connectivity index (χ1v) is 5.59. The molecular weight excluding hydrogens is 194 g/mol. The van der Waals surface area contributed by atoms with E-state index < -0.39 is 0 Å². The van der Waals surface area contributed by atoms with Crippen molar-refractivity contribution in [2.45, 2.75) is 37.3 Å². The topological polar surface area (TPSA) is 76.4 Å². The van der Waals surface area contributed by atoms with Crippen molar-refractivity contribution >= 4 is 6.03 Å². The zero-order valence-electron chi connectivity index (χ0n) is 8.92. The van der Waals surface area contributed by atoms with Crippen LogP contribution >= 0.6 is 0 Å². The molecule has 0 aromatic carbocycles. The van der Waals surface area contributed by atoms with Gasteiger partial charge in [-0.25, -0.2) is 4.79 Å². The summed E-state index contributed by atoms with van der Waals surface area (Å²) in [6, 6.07) is 0.0438. The molecule has 0 aromatic heterocycles. The fourth-order valence-corrected chi connectivity index (χ4v) is 1.95. The smallest absolute Gasteiger partial charge is 0.315 e. The number of carbonyl (C=O) groups is 1. The van der Waals surface area contributed by atoms with Crippen molar-refractivity contribution in [3.8, 4) is 0 Å². The average molecular weight is 213 g/mol. The van der Waals surface area contributed by atoms with Crippen LogP contribution in [0.5, 0.6) is 0 Å². The monoisotopic (exact) mass is 213 g/mol. The van der Waals surface area contributed by atoms with Gasteiger partial charge in [0, 0.05) is 18.7 Å². The lowest BCUT2D eigenvalue weighted by Gasteiger charge is -2.38. The average Bonchev–Trinajstić information content (AvgIpc) is 2.64. The Kier molecular flexibility index (Phi) is 3.11. The predicted octanol–water partition coefficient (Wildman–Crippen LogP) is -0.0441. The summed E-state index contributed by atoms with van der Waals surface area (Å²) in [4.78, 5) is 11.5. The van der Waals surface area contributed by atoms with E-state index in [1.54, 1.807) is 0 Å². The molecule has 2 fully saturated rings. The van der Waals surface area contributed by atoms with Crippen molar-refractivity contribution < 1.29 is 9.53 Å². The Bertz CT molecular complexity index is 235. The normalized spacial score (nSPS) is 28.2. The van der Waals surface area contributed by atoms with Gasteiger partial charge in [-0.15, -0.1) is 0 Å². The Morgan fingerprint density at radius 1 is 1.53 bits per heavy atom. The molecule has 1 saturated heterocycles. The predicted molar refractivity (Wildman–Crippen MR) is 56.5 cm³/mol. The molecule has 1 aliphatic carbocycles. The molecular formula is C10H19N3O2. The van der Waals surface area contributed by atoms with Crippen molar-refractivity contribution in [2.24, 2.45) is 5.73 Å². The minimum Gasteiger partial charge on any atom is -0.379 e. The number of ether oxygens (including phenoxy) is 1. The quantitative estimate of drug-likeness (QED) is 0.615. The van der Waals surface area contributed by atoms with E-state index in [0.29, 0.717) is 13.2 Å². The van der Waals surface area contributed by atoms with Crippen LogP contribution in [0.2, 0.25) is 0 Å². The summed E-state index contributed by atoms with van der Waals surface area (Å²) < 4.78 is 5.17. The largest absolute Gasteiger partial charge is 0.379 e. The molecule has 2 amide bonds. The molecule has 86 valence electrons. The lowest BCUT2D eigenvalue weighted by atomic mass is 9.78. The maximum Gasteiger partial charge on any atom is 0.315 e. The maximum atomic E-state index is 11.5. The van der Waals surface area contributed by atoms with E-state index in [1.807, 2.05) is 0 Å². The molecule has 1 unspecified atom stereocenters. The third-order valence-corrected chi connectivity index (χ3v) is 3.22. The number of hydrogen-bond acceptors (Lipinski definition) is 3. The zero-order valence-corrected chi connectivity index (χ0v) is 8.92. The van der Waals surface area contributed by atoms with Crippen LogP contribution in [0.3, 0.4) is 0 Å². The summed E-state index contributed by atoms with van der Waals surface area (Å²) in [6.45, 7) is 1.94. The summed E-state index contributed by atoms with van der Waals surface area (Å²) in [5.41, 5.74) is 5.84. The molecule has 0 radical (unpaired) electrons. The van der Waals surface area contributed by atoms with Crippen molar-refractivity contribution in [2.75, 3.05) is 19.8 Å². The molecule has 2 rings (SSSR count). The number of rotatable bonds is 3. The summed E-state index contributed by atoms with van der Waals surface area (Å²) in [6.07, 6.45) is 4.11. The number of nitrogens with two attached hydrogens (primary N) is 1. The molecule has 5 nitrogen and oxygen atoms in total. The van der Waals surface area contributed by atoms with E-state index in [1.165, 1.54) is 6.42 Å². The molecule has 1 atom stereocenters. The highest BCUT2D eigenvalue weighted by atomic mass is 16.5. The number of urea groups is 1. The van der Waals surface area contributed by atoms with E-state index in [9.17, 15) is 4.79 Å². The molecule has 4 N–H and O–H groups in total. The third kappa shape index (κ3) is 2.82. The Balaban J connectivity index is 1.63. The highest BCUT2D eigenvalue weighted by Crippen LogP contribution is 2.27. The minimum absolute atomic E-state index is 0.123. The third-order valence-electron chi connectivity index (χ3n) is 3.22. The second kappa shape index (κ2) is 4.37. The molecule has 1 aliphatic heterocycles. The van der Waals surface area contributed by atoms with Gasteiger partial charge in [-0.2, -0.15) is 0 Å². The standard InChI is InChI=1S/C10H19N3O2/c11-10(3-1-4-10)7-12-9(14)13-8-2-5-15-6-8/h8H,1-7,11H2,(H2,12,13,14). The lowest BCUT2D eigenvalue weighted by Crippen LogP contribution is -2.56. The van der Waals surface area contributed by atoms with Crippen molar-refractivity contribution in [3.05, 3.63) is 0 Å². The van der Waals surface area contributed by atoms with Crippen molar-refractivity contribution in [3.63, 3.8) is 0 Å². The maximum absolute atomic E-state index is 11.5. The van der Waals surface area contributed by atoms with Gasteiger partial charge in [0.25, 0.3) is 0 Å². The van der Waals surface area contributed by atoms with Gasteiger partial charge in [-0.1, -0.05) is 0 Å². The van der Waals surface area contributed by atoms with Gasteiger partial charge in [-0.05, 0) is 25.7 Å². The fraction of sp³-hybridized carbons (Fsp3) is 0.900. The van der Waals surface area contributed by atoms with Crippen LogP contribution in [-0.2, 0) is 4.74 Å². The minimum atomic E-state index is -0.149. The van der Waals surface area contributed by atoms with Gasteiger partial charge in [0.1, 0.15) is 0 Å². The number of amides is 2. The summed E-state index contributed by atoms with van der Waals surface area (Å²) in [5.74, 6) is 0. The van der Waals surface area contributed by atoms with Crippen LogP contribution in [0.25, 0.3) is 0 Å². The molecule has 1 heterocycles. The molecule has 0 spiro atoms. The van der Waals surface area contributed by atoms with Crippen LogP contribution in [0.4, 0.5) is 4.79 Å². The van der Waals surface area contributed by atoms with Gasteiger partial charge in [-0.3, -0.25) is 0 Å². The van der Waals surface area contributed by atoms with Crippen LogP contribution in [0.15, 0.2) is 0 Å². The van der Waals surface area contributed by atoms with Gasteiger partial charge in [0.05, 0.1) is 12.6 Å². The number of hydrogen-bond donors (Lipinski definition) is 3. The molecule has 2 aliphatic rings. The highest BCUT2D eigenvalue weighted by Gasteiger charge is 2.32. The van der Waals surface area contributed by atoms with Crippen LogP contribution in [-0.4, -0.2) is 37.4 Å². The molecule has 5 heteroatoms. The Morgan fingerprint density at radius 3 is 2.87 bits per heavy atom. The van der Waals surface area contributed by atoms with E-state index >= 15 is 0 Å². The first kappa shape index (κ1) is 10.7. The molecule has 1 saturated carbocycles. The summed E-state index contributed by atoms with van der Waals surface area (Å²) in [7, 11) is 0. The van der Waals surface area contributed by atoms with Gasteiger partial charge in [0.2, 0.25) is 0 Å². The van der Waals surface area contributed by atoms with Crippen LogP contribution in [0.1, 0.15) is 25.7 Å². The van der Waals surface area contributed by atoms with E-state index in [0.717, 1.165) is 25.9 Å². The Hall–Kier alpha value is -0.810. The highest BCUT2D eigenvalue weighted by molar-refractivity contribution is 5.74.